The van der Waals surface area contributed by atoms with Crippen molar-refractivity contribution in [3.63, 3.8) is 0 Å². The van der Waals surface area contributed by atoms with Crippen molar-refractivity contribution in [2.75, 3.05) is 7.11 Å². The molecule has 0 fully saturated rings. The molecule has 0 amide bonds. The van der Waals surface area contributed by atoms with Gasteiger partial charge in [0, 0.05) is 11.1 Å². The Bertz CT molecular complexity index is 600. The molecule has 0 saturated carbocycles. The number of aromatic nitrogens is 1. The van der Waals surface area contributed by atoms with E-state index in [1.165, 1.54) is 6.20 Å². The quantitative estimate of drug-likeness (QED) is 0.657. The highest BCUT2D eigenvalue weighted by atomic mass is 32.1. The topological polar surface area (TPSA) is 60.2 Å². The predicted octanol–water partition coefficient (Wildman–Crippen LogP) is 2.92. The molecule has 1 aromatic carbocycles. The van der Waals surface area contributed by atoms with E-state index in [2.05, 4.69) is 10.4 Å². The van der Waals surface area contributed by atoms with E-state index in [9.17, 15) is 13.2 Å². The van der Waals surface area contributed by atoms with Gasteiger partial charge in [-0.05, 0) is 24.1 Å². The van der Waals surface area contributed by atoms with Crippen LogP contribution in [0, 0.1) is 0 Å². The molecule has 0 spiro atoms. The van der Waals surface area contributed by atoms with Crippen LogP contribution in [-0.4, -0.2) is 12.1 Å². The molecule has 114 valence electrons. The van der Waals surface area contributed by atoms with Gasteiger partial charge in [-0.1, -0.05) is 12.1 Å². The van der Waals surface area contributed by atoms with Crippen LogP contribution in [0.3, 0.4) is 0 Å². The molecule has 2 rings (SSSR count). The molecule has 3 N–H and O–H groups in total. The Morgan fingerprint density at radius 1 is 1.43 bits per heavy atom. The Hall–Kier alpha value is -1.64. The number of halogens is 3. The summed E-state index contributed by atoms with van der Waals surface area (Å²) in [5.74, 6) is 6.14. The van der Waals surface area contributed by atoms with E-state index in [1.54, 1.807) is 13.2 Å². The Kier molecular flexibility index (Phi) is 4.81. The highest BCUT2D eigenvalue weighted by Gasteiger charge is 2.35. The smallest absolute Gasteiger partial charge is 0.443 e. The largest absolute Gasteiger partial charge is 0.497 e. The number of nitrogens with one attached hydrogen (secondary N) is 1. The fourth-order valence-corrected chi connectivity index (χ4v) is 2.70. The third-order valence-corrected chi connectivity index (χ3v) is 4.04. The van der Waals surface area contributed by atoms with E-state index >= 15 is 0 Å². The van der Waals surface area contributed by atoms with Gasteiger partial charge in [-0.2, -0.15) is 13.2 Å². The second kappa shape index (κ2) is 6.42. The number of nitrogens with two attached hydrogens (primary N) is 1. The zero-order valence-corrected chi connectivity index (χ0v) is 12.0. The minimum atomic E-state index is -4.43. The summed E-state index contributed by atoms with van der Waals surface area (Å²) in [5, 5.41) is -0.872. The number of alkyl halides is 3. The maximum Gasteiger partial charge on any atom is 0.443 e. The number of hydrogen-bond acceptors (Lipinski definition) is 5. The third kappa shape index (κ3) is 3.93. The SMILES string of the molecule is COc1cccc(CC(NN)c2cnc(C(F)(F)F)s2)c1. The van der Waals surface area contributed by atoms with Crippen molar-refractivity contribution >= 4 is 11.3 Å². The van der Waals surface area contributed by atoms with E-state index in [1.807, 2.05) is 18.2 Å². The summed E-state index contributed by atoms with van der Waals surface area (Å²) >= 11 is 0.592. The van der Waals surface area contributed by atoms with E-state index in [0.717, 1.165) is 5.56 Å². The second-order valence-electron chi connectivity index (χ2n) is 4.34. The van der Waals surface area contributed by atoms with Crippen LogP contribution in [0.15, 0.2) is 30.5 Å². The summed E-state index contributed by atoms with van der Waals surface area (Å²) in [6.45, 7) is 0. The van der Waals surface area contributed by atoms with Gasteiger partial charge in [-0.3, -0.25) is 11.3 Å². The number of hydrazine groups is 1. The normalized spacial score (nSPS) is 13.2. The van der Waals surface area contributed by atoms with E-state index < -0.39 is 17.2 Å². The summed E-state index contributed by atoms with van der Waals surface area (Å²) in [6, 6.07) is 6.85. The van der Waals surface area contributed by atoms with Gasteiger partial charge in [0.2, 0.25) is 0 Å². The number of methoxy groups -OCH3 is 1. The maximum atomic E-state index is 12.6. The minimum Gasteiger partial charge on any atom is -0.497 e. The first kappa shape index (κ1) is 15.7. The molecule has 4 nitrogen and oxygen atoms in total. The lowest BCUT2D eigenvalue weighted by Crippen LogP contribution is -2.29. The molecule has 0 radical (unpaired) electrons. The van der Waals surface area contributed by atoms with Gasteiger partial charge in [0.1, 0.15) is 5.75 Å². The summed E-state index contributed by atoms with van der Waals surface area (Å²) in [7, 11) is 1.55. The van der Waals surface area contributed by atoms with Gasteiger partial charge in [0.15, 0.2) is 5.01 Å². The first-order valence-corrected chi connectivity index (χ1v) is 6.87. The van der Waals surface area contributed by atoms with Crippen molar-refractivity contribution in [2.24, 2.45) is 5.84 Å². The standard InChI is InChI=1S/C13H14F3N3OS/c1-20-9-4-2-3-8(5-9)6-10(19-17)11-7-18-12(21-11)13(14,15)16/h2-5,7,10,19H,6,17H2,1H3. The Labute approximate surface area is 123 Å². The molecule has 21 heavy (non-hydrogen) atoms. The summed E-state index contributed by atoms with van der Waals surface area (Å²) in [6.07, 6.45) is -2.79. The number of rotatable bonds is 5. The molecule has 0 bridgehead atoms. The summed E-state index contributed by atoms with van der Waals surface area (Å²) < 4.78 is 42.8. The van der Waals surface area contributed by atoms with Crippen molar-refractivity contribution in [3.05, 3.63) is 45.9 Å². The van der Waals surface area contributed by atoms with Crippen molar-refractivity contribution < 1.29 is 17.9 Å². The molecular formula is C13H14F3N3OS. The second-order valence-corrected chi connectivity index (χ2v) is 5.40. The number of hydrogen-bond donors (Lipinski definition) is 2. The molecule has 1 unspecified atom stereocenters. The first-order chi connectivity index (χ1) is 9.94. The fourth-order valence-electron chi connectivity index (χ4n) is 1.86. The van der Waals surface area contributed by atoms with Crippen LogP contribution >= 0.6 is 11.3 Å². The third-order valence-electron chi connectivity index (χ3n) is 2.88. The lowest BCUT2D eigenvalue weighted by atomic mass is 10.1. The fraction of sp³-hybridized carbons (Fsp3) is 0.308. The van der Waals surface area contributed by atoms with Gasteiger partial charge in [-0.25, -0.2) is 4.98 Å². The van der Waals surface area contributed by atoms with Gasteiger partial charge < -0.3 is 4.74 Å². The molecule has 1 heterocycles. The van der Waals surface area contributed by atoms with Crippen LogP contribution in [0.5, 0.6) is 5.75 Å². The van der Waals surface area contributed by atoms with Gasteiger partial charge in [0.05, 0.1) is 13.2 Å². The highest BCUT2D eigenvalue weighted by molar-refractivity contribution is 7.11. The van der Waals surface area contributed by atoms with Crippen LogP contribution in [-0.2, 0) is 12.6 Å². The molecule has 0 saturated heterocycles. The monoisotopic (exact) mass is 317 g/mol. The number of nitrogens with zero attached hydrogens (tertiary/aromatic N) is 1. The maximum absolute atomic E-state index is 12.6. The van der Waals surface area contributed by atoms with Crippen molar-refractivity contribution in [1.82, 2.24) is 10.4 Å². The molecule has 0 aliphatic heterocycles. The summed E-state index contributed by atoms with van der Waals surface area (Å²) in [4.78, 5) is 3.84. The number of benzene rings is 1. The Morgan fingerprint density at radius 2 is 2.19 bits per heavy atom. The lowest BCUT2D eigenvalue weighted by molar-refractivity contribution is -0.137. The first-order valence-electron chi connectivity index (χ1n) is 6.06. The highest BCUT2D eigenvalue weighted by Crippen LogP contribution is 2.35. The van der Waals surface area contributed by atoms with Crippen molar-refractivity contribution in [1.29, 1.82) is 0 Å². The van der Waals surface area contributed by atoms with E-state index in [4.69, 9.17) is 10.6 Å². The Balaban J connectivity index is 2.17. The summed E-state index contributed by atoms with van der Waals surface area (Å²) in [5.41, 5.74) is 3.43. The molecular weight excluding hydrogens is 303 g/mol. The average Bonchev–Trinajstić information content (AvgIpc) is 2.94. The predicted molar refractivity (Wildman–Crippen MR) is 73.9 cm³/mol. The average molecular weight is 317 g/mol. The molecule has 1 aromatic heterocycles. The van der Waals surface area contributed by atoms with Gasteiger partial charge in [-0.15, -0.1) is 11.3 Å². The van der Waals surface area contributed by atoms with Crippen LogP contribution < -0.4 is 16.0 Å². The molecule has 0 aliphatic rings. The minimum absolute atomic E-state index is 0.438. The lowest BCUT2D eigenvalue weighted by Gasteiger charge is -2.14. The van der Waals surface area contributed by atoms with Crippen LogP contribution in [0.2, 0.25) is 0 Å². The van der Waals surface area contributed by atoms with E-state index in [0.29, 0.717) is 28.4 Å². The molecule has 8 heteroatoms. The Morgan fingerprint density at radius 3 is 2.76 bits per heavy atom. The number of ether oxygens (including phenoxy) is 1. The van der Waals surface area contributed by atoms with Crippen molar-refractivity contribution in [3.8, 4) is 5.75 Å². The van der Waals surface area contributed by atoms with Crippen LogP contribution in [0.25, 0.3) is 0 Å². The molecule has 2 aromatic rings. The van der Waals surface area contributed by atoms with Gasteiger partial charge >= 0.3 is 6.18 Å². The van der Waals surface area contributed by atoms with Crippen molar-refractivity contribution in [2.45, 2.75) is 18.6 Å². The van der Waals surface area contributed by atoms with Crippen LogP contribution in [0.4, 0.5) is 13.2 Å². The molecule has 0 aliphatic carbocycles. The number of thiazole rings is 1. The van der Waals surface area contributed by atoms with E-state index in [-0.39, 0.29) is 0 Å². The zero-order valence-electron chi connectivity index (χ0n) is 11.1. The zero-order chi connectivity index (χ0) is 15.5. The van der Waals surface area contributed by atoms with Gasteiger partial charge in [0.25, 0.3) is 0 Å². The van der Waals surface area contributed by atoms with Crippen LogP contribution in [0.1, 0.15) is 21.5 Å². The molecule has 1 atom stereocenters.